The van der Waals surface area contributed by atoms with Crippen LogP contribution in [-0.2, 0) is 10.0 Å². The molecular formula is C13H23N3O2S2. The zero-order valence-corrected chi connectivity index (χ0v) is 14.1. The molecule has 1 unspecified atom stereocenters. The molecule has 1 heterocycles. The van der Waals surface area contributed by atoms with E-state index in [0.717, 1.165) is 12.2 Å². The second kappa shape index (κ2) is 7.85. The average Bonchev–Trinajstić information content (AvgIpc) is 2.44. The minimum Gasteiger partial charge on any atom is -0.384 e. The summed E-state index contributed by atoms with van der Waals surface area (Å²) in [5.41, 5.74) is 0.603. The smallest absolute Gasteiger partial charge is 0.246 e. The van der Waals surface area contributed by atoms with Crippen LogP contribution in [0.25, 0.3) is 0 Å². The number of hydrogen-bond donors (Lipinski definition) is 1. The van der Waals surface area contributed by atoms with Gasteiger partial charge in [0.2, 0.25) is 10.0 Å². The van der Waals surface area contributed by atoms with E-state index >= 15 is 0 Å². The van der Waals surface area contributed by atoms with Crippen LogP contribution < -0.4 is 5.32 Å². The molecule has 1 aromatic heterocycles. The maximum atomic E-state index is 12.7. The van der Waals surface area contributed by atoms with E-state index < -0.39 is 10.0 Å². The third kappa shape index (κ3) is 4.10. The lowest BCUT2D eigenvalue weighted by Gasteiger charge is -2.25. The molecule has 1 rings (SSSR count). The zero-order chi connectivity index (χ0) is 15.2. The van der Waals surface area contributed by atoms with Gasteiger partial charge in [-0.2, -0.15) is 16.1 Å². The Kier molecular flexibility index (Phi) is 6.78. The Morgan fingerprint density at radius 2 is 2.20 bits per heavy atom. The minimum absolute atomic E-state index is 0.0397. The molecule has 1 aromatic rings. The second-order valence-corrected chi connectivity index (χ2v) is 7.51. The topological polar surface area (TPSA) is 62.3 Å². The van der Waals surface area contributed by atoms with Crippen molar-refractivity contribution in [2.75, 3.05) is 30.9 Å². The van der Waals surface area contributed by atoms with Crippen molar-refractivity contribution in [3.05, 3.63) is 18.5 Å². The molecule has 20 heavy (non-hydrogen) atoms. The average molecular weight is 317 g/mol. The fourth-order valence-corrected chi connectivity index (χ4v) is 3.86. The molecule has 0 aliphatic heterocycles. The standard InChI is InChI=1S/C13H23N3O2S2/c1-5-15-12-6-8-14-10-13(12)20(17,18)16(3)11(2)7-9-19-4/h6,8,10-11H,5,7,9H2,1-4H3,(H,14,15). The Labute approximate surface area is 126 Å². The lowest BCUT2D eigenvalue weighted by atomic mass is 10.3. The molecule has 0 amide bonds. The van der Waals surface area contributed by atoms with Crippen molar-refractivity contribution in [2.24, 2.45) is 0 Å². The number of thioether (sulfide) groups is 1. The molecular weight excluding hydrogens is 294 g/mol. The normalized spacial score (nSPS) is 13.4. The van der Waals surface area contributed by atoms with Crippen LogP contribution in [0.3, 0.4) is 0 Å². The van der Waals surface area contributed by atoms with Crippen molar-refractivity contribution in [1.82, 2.24) is 9.29 Å². The van der Waals surface area contributed by atoms with Crippen LogP contribution in [0.4, 0.5) is 5.69 Å². The number of anilines is 1. The molecule has 1 N–H and O–H groups in total. The fraction of sp³-hybridized carbons (Fsp3) is 0.615. The van der Waals surface area contributed by atoms with Gasteiger partial charge < -0.3 is 5.32 Å². The lowest BCUT2D eigenvalue weighted by Crippen LogP contribution is -2.35. The zero-order valence-electron chi connectivity index (χ0n) is 12.5. The molecule has 0 saturated carbocycles. The van der Waals surface area contributed by atoms with Crippen molar-refractivity contribution in [1.29, 1.82) is 0 Å². The van der Waals surface area contributed by atoms with Crippen LogP contribution in [-0.4, -0.2) is 49.3 Å². The van der Waals surface area contributed by atoms with Crippen molar-refractivity contribution in [3.8, 4) is 0 Å². The number of pyridine rings is 1. The van der Waals surface area contributed by atoms with Crippen LogP contribution in [0.2, 0.25) is 0 Å². The highest BCUT2D eigenvalue weighted by molar-refractivity contribution is 7.98. The van der Waals surface area contributed by atoms with Gasteiger partial charge in [0.25, 0.3) is 0 Å². The van der Waals surface area contributed by atoms with Gasteiger partial charge in [-0.25, -0.2) is 8.42 Å². The second-order valence-electron chi connectivity index (χ2n) is 4.55. The fourth-order valence-electron chi connectivity index (χ4n) is 1.78. The lowest BCUT2D eigenvalue weighted by molar-refractivity contribution is 0.382. The Morgan fingerprint density at radius 1 is 1.50 bits per heavy atom. The summed E-state index contributed by atoms with van der Waals surface area (Å²) in [6, 6.07) is 1.65. The Morgan fingerprint density at radius 3 is 2.80 bits per heavy atom. The van der Waals surface area contributed by atoms with Crippen molar-refractivity contribution < 1.29 is 8.42 Å². The van der Waals surface area contributed by atoms with E-state index in [1.165, 1.54) is 10.5 Å². The number of sulfonamides is 1. The van der Waals surface area contributed by atoms with E-state index in [-0.39, 0.29) is 10.9 Å². The SMILES string of the molecule is CCNc1ccncc1S(=O)(=O)N(C)C(C)CCSC. The quantitative estimate of drug-likeness (QED) is 0.797. The molecule has 0 fully saturated rings. The number of hydrogen-bond acceptors (Lipinski definition) is 5. The first-order valence-electron chi connectivity index (χ1n) is 6.60. The van der Waals surface area contributed by atoms with Gasteiger partial charge in [-0.05, 0) is 38.3 Å². The largest absolute Gasteiger partial charge is 0.384 e. The van der Waals surface area contributed by atoms with Crippen molar-refractivity contribution in [3.63, 3.8) is 0 Å². The highest BCUT2D eigenvalue weighted by Gasteiger charge is 2.27. The minimum atomic E-state index is -3.52. The van der Waals surface area contributed by atoms with E-state index in [4.69, 9.17) is 0 Å². The summed E-state index contributed by atoms with van der Waals surface area (Å²) in [5, 5.41) is 3.07. The summed E-state index contributed by atoms with van der Waals surface area (Å²) >= 11 is 1.72. The highest BCUT2D eigenvalue weighted by Crippen LogP contribution is 2.24. The van der Waals surface area contributed by atoms with Crippen LogP contribution in [0.5, 0.6) is 0 Å². The predicted molar refractivity (Wildman–Crippen MR) is 85.8 cm³/mol. The molecule has 0 aliphatic carbocycles. The van der Waals surface area contributed by atoms with Gasteiger partial charge in [0.05, 0.1) is 5.69 Å². The van der Waals surface area contributed by atoms with Crippen LogP contribution in [0.15, 0.2) is 23.4 Å². The number of aromatic nitrogens is 1. The Balaban J connectivity index is 3.03. The monoisotopic (exact) mass is 317 g/mol. The van der Waals surface area contributed by atoms with E-state index in [9.17, 15) is 8.42 Å². The van der Waals surface area contributed by atoms with Crippen LogP contribution >= 0.6 is 11.8 Å². The van der Waals surface area contributed by atoms with E-state index in [2.05, 4.69) is 10.3 Å². The summed E-state index contributed by atoms with van der Waals surface area (Å²) in [4.78, 5) is 4.18. The van der Waals surface area contributed by atoms with Crippen molar-refractivity contribution in [2.45, 2.75) is 31.2 Å². The molecule has 0 saturated heterocycles. The molecule has 114 valence electrons. The molecule has 0 radical (unpaired) electrons. The number of nitrogens with zero attached hydrogens (tertiary/aromatic N) is 2. The number of rotatable bonds is 8. The molecule has 1 atom stereocenters. The molecule has 5 nitrogen and oxygen atoms in total. The third-order valence-electron chi connectivity index (χ3n) is 3.17. The predicted octanol–water partition coefficient (Wildman–Crippen LogP) is 2.28. The summed E-state index contributed by atoms with van der Waals surface area (Å²) in [6.45, 7) is 4.52. The van der Waals surface area contributed by atoms with Gasteiger partial charge in [0.15, 0.2) is 0 Å². The molecule has 7 heteroatoms. The maximum Gasteiger partial charge on any atom is 0.246 e. The molecule has 0 aliphatic rings. The van der Waals surface area contributed by atoms with Gasteiger partial charge in [-0.1, -0.05) is 0 Å². The molecule has 0 spiro atoms. The van der Waals surface area contributed by atoms with Gasteiger partial charge in [-0.3, -0.25) is 4.98 Å². The van der Waals surface area contributed by atoms with Gasteiger partial charge >= 0.3 is 0 Å². The summed E-state index contributed by atoms with van der Waals surface area (Å²) in [5.74, 6) is 0.939. The summed E-state index contributed by atoms with van der Waals surface area (Å²) in [6.07, 6.45) is 5.85. The summed E-state index contributed by atoms with van der Waals surface area (Å²) < 4.78 is 26.8. The molecule has 0 aromatic carbocycles. The first kappa shape index (κ1) is 17.3. The first-order valence-corrected chi connectivity index (χ1v) is 9.43. The van der Waals surface area contributed by atoms with Gasteiger partial charge in [0, 0.05) is 32.0 Å². The van der Waals surface area contributed by atoms with Gasteiger partial charge in [-0.15, -0.1) is 0 Å². The number of nitrogens with one attached hydrogen (secondary N) is 1. The van der Waals surface area contributed by atoms with Crippen molar-refractivity contribution >= 4 is 27.5 Å². The van der Waals surface area contributed by atoms with E-state index in [1.807, 2.05) is 20.1 Å². The maximum absolute atomic E-state index is 12.7. The third-order valence-corrected chi connectivity index (χ3v) is 5.81. The van der Waals surface area contributed by atoms with E-state index in [1.54, 1.807) is 31.1 Å². The van der Waals surface area contributed by atoms with Crippen LogP contribution in [0, 0.1) is 0 Å². The summed E-state index contributed by atoms with van der Waals surface area (Å²) in [7, 11) is -1.89. The first-order chi connectivity index (χ1) is 9.45. The Hall–Kier alpha value is -0.790. The highest BCUT2D eigenvalue weighted by atomic mass is 32.2. The van der Waals surface area contributed by atoms with E-state index in [0.29, 0.717) is 12.2 Å². The van der Waals surface area contributed by atoms with Gasteiger partial charge in [0.1, 0.15) is 4.90 Å². The van der Waals surface area contributed by atoms with Crippen LogP contribution in [0.1, 0.15) is 20.3 Å². The Bertz CT molecular complexity index is 520. The molecule has 0 bridgehead atoms.